The van der Waals surface area contributed by atoms with Gasteiger partial charge in [0, 0.05) is 21.6 Å². The van der Waals surface area contributed by atoms with Crippen molar-refractivity contribution >= 4 is 33.3 Å². The van der Waals surface area contributed by atoms with E-state index in [1.807, 2.05) is 29.5 Å². The quantitative estimate of drug-likeness (QED) is 0.497. The van der Waals surface area contributed by atoms with E-state index in [2.05, 4.69) is 9.97 Å². The predicted molar refractivity (Wildman–Crippen MR) is 98.5 cm³/mol. The molecule has 4 nitrogen and oxygen atoms in total. The fourth-order valence-electron chi connectivity index (χ4n) is 3.15. The second kappa shape index (κ2) is 6.61. The summed E-state index contributed by atoms with van der Waals surface area (Å²) in [4.78, 5) is 11.6. The molecule has 6 heteroatoms. The van der Waals surface area contributed by atoms with Gasteiger partial charge in [0.2, 0.25) is 0 Å². The highest BCUT2D eigenvalue weighted by atomic mass is 32.2. The van der Waals surface area contributed by atoms with E-state index in [0.29, 0.717) is 0 Å². The number of thioether (sulfide) groups is 1. The van der Waals surface area contributed by atoms with Gasteiger partial charge in [0.15, 0.2) is 0 Å². The molecular weight excluding hydrogens is 340 g/mol. The smallest absolute Gasteiger partial charge is 0.128 e. The Kier molecular flexibility index (Phi) is 4.33. The fourth-order valence-corrected chi connectivity index (χ4v) is 5.45. The Hall–Kier alpha value is -1.79. The number of hydrogen-bond acceptors (Lipinski definition) is 6. The molecule has 0 saturated heterocycles. The van der Waals surface area contributed by atoms with Crippen molar-refractivity contribution in [1.29, 1.82) is 0 Å². The third-order valence-electron chi connectivity index (χ3n) is 4.32. The van der Waals surface area contributed by atoms with Crippen molar-refractivity contribution in [2.45, 2.75) is 30.0 Å². The summed E-state index contributed by atoms with van der Waals surface area (Å²) >= 11 is 3.57. The maximum atomic E-state index is 5.48. The Morgan fingerprint density at radius 2 is 2.08 bits per heavy atom. The van der Waals surface area contributed by atoms with Gasteiger partial charge in [-0.1, -0.05) is 0 Å². The van der Waals surface area contributed by atoms with Crippen LogP contribution in [0.3, 0.4) is 0 Å². The molecule has 1 aromatic carbocycles. The predicted octanol–water partition coefficient (Wildman–Crippen LogP) is 4.49. The first kappa shape index (κ1) is 15.7. The van der Waals surface area contributed by atoms with Crippen LogP contribution in [0, 0.1) is 0 Å². The van der Waals surface area contributed by atoms with Gasteiger partial charge in [-0.3, -0.25) is 0 Å². The highest BCUT2D eigenvalue weighted by Gasteiger charge is 2.21. The number of hydrogen-bond donors (Lipinski definition) is 0. The molecule has 0 bridgehead atoms. The number of ether oxygens (including phenoxy) is 2. The molecule has 0 atom stereocenters. The summed E-state index contributed by atoms with van der Waals surface area (Å²) in [7, 11) is 3.38. The third kappa shape index (κ3) is 2.74. The van der Waals surface area contributed by atoms with Crippen molar-refractivity contribution < 1.29 is 9.47 Å². The van der Waals surface area contributed by atoms with Crippen LogP contribution in [0.5, 0.6) is 11.5 Å². The average molecular weight is 358 g/mol. The fraction of sp³-hybridized carbons (Fsp3) is 0.333. The summed E-state index contributed by atoms with van der Waals surface area (Å²) in [5, 5.41) is 2.34. The van der Waals surface area contributed by atoms with E-state index in [-0.39, 0.29) is 0 Å². The monoisotopic (exact) mass is 358 g/mol. The summed E-state index contributed by atoms with van der Waals surface area (Å²) in [5.41, 5.74) is 2.58. The normalized spacial score (nSPS) is 13.2. The minimum absolute atomic E-state index is 0.789. The minimum atomic E-state index is 0.789. The van der Waals surface area contributed by atoms with Crippen LogP contribution in [0.25, 0.3) is 10.2 Å². The number of aryl methyl sites for hydroxylation is 2. The van der Waals surface area contributed by atoms with Gasteiger partial charge in [0.05, 0.1) is 14.2 Å². The zero-order chi connectivity index (χ0) is 16.5. The Labute approximate surface area is 149 Å². The van der Waals surface area contributed by atoms with Crippen LogP contribution in [0.1, 0.15) is 22.4 Å². The first-order valence-corrected chi connectivity index (χ1v) is 9.69. The van der Waals surface area contributed by atoms with Crippen molar-refractivity contribution in [1.82, 2.24) is 9.97 Å². The number of methoxy groups -OCH3 is 2. The summed E-state index contributed by atoms with van der Waals surface area (Å²) in [5.74, 6) is 2.51. The molecule has 0 saturated carbocycles. The molecule has 0 fully saturated rings. The number of fused-ring (bicyclic) bond motifs is 3. The lowest BCUT2D eigenvalue weighted by Gasteiger charge is -2.10. The van der Waals surface area contributed by atoms with Crippen molar-refractivity contribution in [3.63, 3.8) is 0 Å². The molecule has 0 amide bonds. The van der Waals surface area contributed by atoms with Gasteiger partial charge in [-0.2, -0.15) is 0 Å². The first-order valence-electron chi connectivity index (χ1n) is 7.89. The van der Waals surface area contributed by atoms with Gasteiger partial charge < -0.3 is 9.47 Å². The number of aromatic nitrogens is 2. The van der Waals surface area contributed by atoms with Crippen LogP contribution in [0.4, 0.5) is 0 Å². The van der Waals surface area contributed by atoms with Crippen LogP contribution in [0.2, 0.25) is 0 Å². The number of nitrogens with zero attached hydrogens (tertiary/aromatic N) is 2. The maximum Gasteiger partial charge on any atom is 0.128 e. The molecule has 0 aliphatic heterocycles. The van der Waals surface area contributed by atoms with Crippen LogP contribution >= 0.6 is 23.1 Å². The van der Waals surface area contributed by atoms with Crippen LogP contribution in [-0.4, -0.2) is 24.2 Å². The minimum Gasteiger partial charge on any atom is -0.497 e. The van der Waals surface area contributed by atoms with E-state index in [1.54, 1.807) is 32.3 Å². The lowest BCUT2D eigenvalue weighted by Crippen LogP contribution is -1.93. The molecule has 0 unspecified atom stereocenters. The van der Waals surface area contributed by atoms with Crippen molar-refractivity contribution in [3.8, 4) is 11.5 Å². The SMILES string of the molecule is COc1ccc(OC)c(CSc2ncnc3sc4c(c23)CCC4)c1. The highest BCUT2D eigenvalue weighted by Crippen LogP contribution is 2.41. The maximum absolute atomic E-state index is 5.48. The Balaban J connectivity index is 1.66. The van der Waals surface area contributed by atoms with Gasteiger partial charge in [0.25, 0.3) is 0 Å². The molecule has 0 N–H and O–H groups in total. The van der Waals surface area contributed by atoms with Crippen molar-refractivity contribution in [2.75, 3.05) is 14.2 Å². The summed E-state index contributed by atoms with van der Waals surface area (Å²) in [6.07, 6.45) is 5.27. The number of benzene rings is 1. The average Bonchev–Trinajstić information content (AvgIpc) is 3.20. The van der Waals surface area contributed by atoms with E-state index in [9.17, 15) is 0 Å². The molecule has 2 heterocycles. The van der Waals surface area contributed by atoms with Crippen LogP contribution in [-0.2, 0) is 18.6 Å². The van der Waals surface area contributed by atoms with Gasteiger partial charge in [-0.25, -0.2) is 9.97 Å². The molecule has 1 aliphatic rings. The summed E-state index contributed by atoms with van der Waals surface area (Å²) in [6.45, 7) is 0. The molecule has 124 valence electrons. The topological polar surface area (TPSA) is 44.2 Å². The third-order valence-corrected chi connectivity index (χ3v) is 6.56. The molecule has 4 rings (SSSR count). The molecule has 0 radical (unpaired) electrons. The van der Waals surface area contributed by atoms with E-state index >= 15 is 0 Å². The van der Waals surface area contributed by atoms with Crippen molar-refractivity contribution in [2.24, 2.45) is 0 Å². The second-order valence-electron chi connectivity index (χ2n) is 5.68. The lowest BCUT2D eigenvalue weighted by molar-refractivity contribution is 0.400. The van der Waals surface area contributed by atoms with E-state index in [1.165, 1.54) is 28.7 Å². The lowest BCUT2D eigenvalue weighted by atomic mass is 10.2. The standard InChI is InChI=1S/C18H18N2O2S2/c1-21-12-6-7-14(22-2)11(8-12)9-23-17-16-13-4-3-5-15(13)24-18(16)20-10-19-17/h6-8,10H,3-5,9H2,1-2H3. The number of thiophene rings is 1. The molecule has 2 aromatic heterocycles. The zero-order valence-electron chi connectivity index (χ0n) is 13.7. The van der Waals surface area contributed by atoms with Gasteiger partial charge in [0.1, 0.15) is 27.7 Å². The molecule has 24 heavy (non-hydrogen) atoms. The van der Waals surface area contributed by atoms with Crippen LogP contribution in [0.15, 0.2) is 29.6 Å². The van der Waals surface area contributed by atoms with E-state index in [0.717, 1.165) is 39.1 Å². The largest absolute Gasteiger partial charge is 0.497 e. The highest BCUT2D eigenvalue weighted by molar-refractivity contribution is 7.98. The molecule has 0 spiro atoms. The van der Waals surface area contributed by atoms with E-state index in [4.69, 9.17) is 9.47 Å². The summed E-state index contributed by atoms with van der Waals surface area (Å²) in [6, 6.07) is 5.90. The van der Waals surface area contributed by atoms with E-state index < -0.39 is 0 Å². The molecule has 3 aromatic rings. The second-order valence-corrected chi connectivity index (χ2v) is 7.73. The molecular formula is C18H18N2O2S2. The Morgan fingerprint density at radius 3 is 2.92 bits per heavy atom. The number of rotatable bonds is 5. The first-order chi connectivity index (χ1) is 11.8. The zero-order valence-corrected chi connectivity index (χ0v) is 15.3. The van der Waals surface area contributed by atoms with Gasteiger partial charge >= 0.3 is 0 Å². The molecule has 1 aliphatic carbocycles. The van der Waals surface area contributed by atoms with Crippen LogP contribution < -0.4 is 9.47 Å². The van der Waals surface area contributed by atoms with Crippen molar-refractivity contribution in [3.05, 3.63) is 40.5 Å². The Bertz CT molecular complexity index is 892. The van der Waals surface area contributed by atoms with Gasteiger partial charge in [-0.05, 0) is 43.0 Å². The summed E-state index contributed by atoms with van der Waals surface area (Å²) < 4.78 is 10.8. The van der Waals surface area contributed by atoms with Gasteiger partial charge in [-0.15, -0.1) is 23.1 Å². The Morgan fingerprint density at radius 1 is 1.17 bits per heavy atom.